The van der Waals surface area contributed by atoms with Crippen LogP contribution in [0.3, 0.4) is 0 Å². The summed E-state index contributed by atoms with van der Waals surface area (Å²) in [6.45, 7) is 1.09. The molecule has 1 aromatic heterocycles. The Kier molecular flexibility index (Phi) is 4.73. The van der Waals surface area contributed by atoms with Gasteiger partial charge in [0.1, 0.15) is 5.75 Å². The molecule has 2 rings (SSSR count). The summed E-state index contributed by atoms with van der Waals surface area (Å²) in [5, 5.41) is 0. The van der Waals surface area contributed by atoms with E-state index in [4.69, 9.17) is 10.5 Å². The topological polar surface area (TPSA) is 48.1 Å². The number of nitrogens with two attached hydrogens (primary N) is 1. The van der Waals surface area contributed by atoms with Crippen molar-refractivity contribution in [3.05, 3.63) is 58.3 Å². The van der Waals surface area contributed by atoms with E-state index in [1.807, 2.05) is 36.5 Å². The molecule has 0 saturated heterocycles. The van der Waals surface area contributed by atoms with Gasteiger partial charge in [0.2, 0.25) is 0 Å². The number of benzene rings is 1. The van der Waals surface area contributed by atoms with Crippen LogP contribution < -0.4 is 10.5 Å². The lowest BCUT2D eigenvalue weighted by Crippen LogP contribution is -2.06. The third-order valence-electron chi connectivity index (χ3n) is 2.63. The molecule has 2 N–H and O–H groups in total. The first-order chi connectivity index (χ1) is 8.81. The summed E-state index contributed by atoms with van der Waals surface area (Å²) in [7, 11) is 0. The zero-order valence-corrected chi connectivity index (χ0v) is 11.6. The van der Waals surface area contributed by atoms with Crippen molar-refractivity contribution in [3.8, 4) is 5.75 Å². The van der Waals surface area contributed by atoms with Gasteiger partial charge in [-0.2, -0.15) is 0 Å². The molecule has 94 valence electrons. The average Bonchev–Trinajstić information content (AvgIpc) is 2.41. The highest BCUT2D eigenvalue weighted by atomic mass is 79.9. The summed E-state index contributed by atoms with van der Waals surface area (Å²) in [4.78, 5) is 4.08. The lowest BCUT2D eigenvalue weighted by Gasteiger charge is -2.12. The lowest BCUT2D eigenvalue weighted by atomic mass is 10.2. The summed E-state index contributed by atoms with van der Waals surface area (Å²) in [6.07, 6.45) is 4.46. The molecule has 0 aliphatic carbocycles. The van der Waals surface area contributed by atoms with Gasteiger partial charge in [-0.3, -0.25) is 4.98 Å². The van der Waals surface area contributed by atoms with Gasteiger partial charge >= 0.3 is 0 Å². The van der Waals surface area contributed by atoms with Crippen LogP contribution in [-0.2, 0) is 13.0 Å². The van der Waals surface area contributed by atoms with Crippen molar-refractivity contribution in [2.24, 2.45) is 5.73 Å². The number of pyridine rings is 1. The SMILES string of the molecule is NCc1cccc(Br)c1OCCc1cccnc1. The molecule has 0 unspecified atom stereocenters. The van der Waals surface area contributed by atoms with Crippen molar-refractivity contribution in [1.82, 2.24) is 4.98 Å². The van der Waals surface area contributed by atoms with E-state index in [0.717, 1.165) is 22.2 Å². The first-order valence-electron chi connectivity index (χ1n) is 5.80. The summed E-state index contributed by atoms with van der Waals surface area (Å²) < 4.78 is 6.75. The van der Waals surface area contributed by atoms with Crippen LogP contribution in [0.15, 0.2) is 47.2 Å². The Hall–Kier alpha value is -1.39. The zero-order valence-electron chi connectivity index (χ0n) is 9.97. The molecule has 0 amide bonds. The zero-order chi connectivity index (χ0) is 12.8. The smallest absolute Gasteiger partial charge is 0.137 e. The summed E-state index contributed by atoms with van der Waals surface area (Å²) >= 11 is 3.48. The Labute approximate surface area is 115 Å². The maximum absolute atomic E-state index is 5.81. The molecule has 0 saturated carbocycles. The number of nitrogens with zero attached hydrogens (tertiary/aromatic N) is 1. The number of rotatable bonds is 5. The molecule has 0 radical (unpaired) electrons. The van der Waals surface area contributed by atoms with Gasteiger partial charge in [0.05, 0.1) is 11.1 Å². The monoisotopic (exact) mass is 306 g/mol. The van der Waals surface area contributed by atoms with Crippen LogP contribution in [0.4, 0.5) is 0 Å². The van der Waals surface area contributed by atoms with Gasteiger partial charge in [-0.15, -0.1) is 0 Å². The highest BCUT2D eigenvalue weighted by Crippen LogP contribution is 2.28. The molecular formula is C14H15BrN2O. The van der Waals surface area contributed by atoms with Gasteiger partial charge in [0, 0.05) is 30.9 Å². The molecule has 0 aliphatic heterocycles. The second kappa shape index (κ2) is 6.52. The molecule has 0 fully saturated rings. The number of hydrogen-bond acceptors (Lipinski definition) is 3. The fourth-order valence-corrected chi connectivity index (χ4v) is 2.21. The molecule has 1 aromatic carbocycles. The lowest BCUT2D eigenvalue weighted by molar-refractivity contribution is 0.316. The largest absolute Gasteiger partial charge is 0.492 e. The second-order valence-electron chi connectivity index (χ2n) is 3.89. The van der Waals surface area contributed by atoms with Crippen molar-refractivity contribution in [3.63, 3.8) is 0 Å². The van der Waals surface area contributed by atoms with E-state index >= 15 is 0 Å². The van der Waals surface area contributed by atoms with Gasteiger partial charge in [-0.05, 0) is 33.6 Å². The van der Waals surface area contributed by atoms with E-state index in [0.29, 0.717) is 13.2 Å². The predicted octanol–water partition coefficient (Wildman–Crippen LogP) is 2.92. The molecule has 2 aromatic rings. The van der Waals surface area contributed by atoms with Gasteiger partial charge in [-0.1, -0.05) is 18.2 Å². The van der Waals surface area contributed by atoms with Crippen molar-refractivity contribution in [2.75, 3.05) is 6.61 Å². The van der Waals surface area contributed by atoms with Crippen LogP contribution in [0.1, 0.15) is 11.1 Å². The van der Waals surface area contributed by atoms with Crippen molar-refractivity contribution in [2.45, 2.75) is 13.0 Å². The van der Waals surface area contributed by atoms with Crippen LogP contribution in [0.2, 0.25) is 0 Å². The Balaban J connectivity index is 1.98. The van der Waals surface area contributed by atoms with E-state index in [9.17, 15) is 0 Å². The van der Waals surface area contributed by atoms with E-state index in [1.165, 1.54) is 5.56 Å². The minimum Gasteiger partial charge on any atom is -0.492 e. The maximum Gasteiger partial charge on any atom is 0.137 e. The summed E-state index contributed by atoms with van der Waals surface area (Å²) in [6, 6.07) is 9.86. The minimum absolute atomic E-state index is 0.474. The number of halogens is 1. The second-order valence-corrected chi connectivity index (χ2v) is 4.75. The Morgan fingerprint density at radius 2 is 2.11 bits per heavy atom. The van der Waals surface area contributed by atoms with Gasteiger partial charge in [-0.25, -0.2) is 0 Å². The van der Waals surface area contributed by atoms with Gasteiger partial charge < -0.3 is 10.5 Å². The van der Waals surface area contributed by atoms with Crippen molar-refractivity contribution in [1.29, 1.82) is 0 Å². The fourth-order valence-electron chi connectivity index (χ4n) is 1.69. The Morgan fingerprint density at radius 3 is 2.83 bits per heavy atom. The average molecular weight is 307 g/mol. The number of hydrogen-bond donors (Lipinski definition) is 1. The normalized spacial score (nSPS) is 10.3. The Morgan fingerprint density at radius 1 is 1.22 bits per heavy atom. The summed E-state index contributed by atoms with van der Waals surface area (Å²) in [5.74, 6) is 0.837. The molecular weight excluding hydrogens is 292 g/mol. The molecule has 1 heterocycles. The first kappa shape index (κ1) is 13.1. The minimum atomic E-state index is 0.474. The number of ether oxygens (including phenoxy) is 1. The molecule has 0 spiro atoms. The quantitative estimate of drug-likeness (QED) is 0.924. The summed E-state index contributed by atoms with van der Waals surface area (Å²) in [5.41, 5.74) is 7.87. The van der Waals surface area contributed by atoms with Crippen molar-refractivity contribution >= 4 is 15.9 Å². The highest BCUT2D eigenvalue weighted by molar-refractivity contribution is 9.10. The van der Waals surface area contributed by atoms with E-state index in [2.05, 4.69) is 20.9 Å². The van der Waals surface area contributed by atoms with Crippen LogP contribution in [-0.4, -0.2) is 11.6 Å². The van der Waals surface area contributed by atoms with E-state index in [-0.39, 0.29) is 0 Å². The highest BCUT2D eigenvalue weighted by Gasteiger charge is 2.06. The maximum atomic E-state index is 5.81. The van der Waals surface area contributed by atoms with E-state index in [1.54, 1.807) is 6.20 Å². The number of para-hydroxylation sites is 1. The molecule has 4 heteroatoms. The Bertz CT molecular complexity index is 502. The van der Waals surface area contributed by atoms with Gasteiger partial charge in [0.15, 0.2) is 0 Å². The number of aromatic nitrogens is 1. The standard InChI is InChI=1S/C14H15BrN2O/c15-13-5-1-4-12(9-16)14(13)18-8-6-11-3-2-7-17-10-11/h1-5,7,10H,6,8-9,16H2. The first-order valence-corrected chi connectivity index (χ1v) is 6.59. The van der Waals surface area contributed by atoms with Gasteiger partial charge in [0.25, 0.3) is 0 Å². The molecule has 3 nitrogen and oxygen atoms in total. The molecule has 18 heavy (non-hydrogen) atoms. The van der Waals surface area contributed by atoms with Crippen LogP contribution in [0.25, 0.3) is 0 Å². The van der Waals surface area contributed by atoms with E-state index < -0.39 is 0 Å². The molecule has 0 aliphatic rings. The fraction of sp³-hybridized carbons (Fsp3) is 0.214. The van der Waals surface area contributed by atoms with Crippen LogP contribution >= 0.6 is 15.9 Å². The van der Waals surface area contributed by atoms with Crippen LogP contribution in [0, 0.1) is 0 Å². The predicted molar refractivity (Wildman–Crippen MR) is 75.5 cm³/mol. The van der Waals surface area contributed by atoms with Crippen molar-refractivity contribution < 1.29 is 4.74 Å². The third kappa shape index (κ3) is 3.31. The third-order valence-corrected chi connectivity index (χ3v) is 3.25. The molecule has 0 bridgehead atoms. The van der Waals surface area contributed by atoms with Crippen LogP contribution in [0.5, 0.6) is 5.75 Å². The molecule has 0 atom stereocenters.